The molecule has 1 aliphatic heterocycles. The molecule has 2 aliphatic rings. The van der Waals surface area contributed by atoms with Gasteiger partial charge in [-0.3, -0.25) is 4.79 Å². The molecule has 0 unspecified atom stereocenters. The third kappa shape index (κ3) is 4.55. The third-order valence-corrected chi connectivity index (χ3v) is 3.84. The molecule has 1 aliphatic carbocycles. The fourth-order valence-electron chi connectivity index (χ4n) is 2.53. The molecule has 2 fully saturated rings. The molecule has 1 saturated heterocycles. The van der Waals surface area contributed by atoms with E-state index in [1.165, 1.54) is 12.8 Å². The second-order valence-corrected chi connectivity index (χ2v) is 5.46. The second kappa shape index (κ2) is 8.67. The summed E-state index contributed by atoms with van der Waals surface area (Å²) < 4.78 is 7.51. The van der Waals surface area contributed by atoms with Gasteiger partial charge in [-0.15, -0.1) is 35.0 Å². The lowest BCUT2D eigenvalue weighted by Gasteiger charge is -2.29. The Morgan fingerprint density at radius 3 is 2.95 bits per heavy atom. The van der Waals surface area contributed by atoms with Gasteiger partial charge in [-0.1, -0.05) is 0 Å². The van der Waals surface area contributed by atoms with Crippen LogP contribution in [-0.4, -0.2) is 52.5 Å². The van der Waals surface area contributed by atoms with Crippen molar-refractivity contribution < 1.29 is 9.53 Å². The summed E-state index contributed by atoms with van der Waals surface area (Å²) in [7, 11) is 0. The number of hydrogen-bond donors (Lipinski definition) is 2. The molecular formula is C13H23Cl2N5O2. The predicted octanol–water partition coefficient (Wildman–Crippen LogP) is 0.492. The Balaban J connectivity index is 0.00000121. The van der Waals surface area contributed by atoms with Crippen LogP contribution in [0.25, 0.3) is 0 Å². The predicted molar refractivity (Wildman–Crippen MR) is 86.7 cm³/mol. The molecule has 1 aromatic heterocycles. The fraction of sp³-hybridized carbons (Fsp3) is 0.769. The smallest absolute Gasteiger partial charge is 0.239 e. The summed E-state index contributed by atoms with van der Waals surface area (Å²) in [6, 6.07) is -0.257. The van der Waals surface area contributed by atoms with E-state index in [2.05, 4.69) is 20.8 Å². The Hall–Kier alpha value is -0.890. The Bertz CT molecular complexity index is 481. The maximum atomic E-state index is 12.1. The molecule has 2 N–H and O–H groups in total. The van der Waals surface area contributed by atoms with Crippen LogP contribution >= 0.6 is 24.8 Å². The highest BCUT2D eigenvalue weighted by atomic mass is 35.5. The molecule has 0 aromatic carbocycles. The zero-order chi connectivity index (χ0) is 13.9. The van der Waals surface area contributed by atoms with Crippen molar-refractivity contribution in [2.24, 2.45) is 0 Å². The van der Waals surface area contributed by atoms with Gasteiger partial charge in [0.05, 0.1) is 12.7 Å². The number of rotatable bonds is 5. The molecule has 2 heterocycles. The summed E-state index contributed by atoms with van der Waals surface area (Å²) in [5.74, 6) is 1.62. The van der Waals surface area contributed by atoms with Crippen LogP contribution in [0.3, 0.4) is 0 Å². The van der Waals surface area contributed by atoms with Crippen molar-refractivity contribution >= 4 is 30.7 Å². The number of amides is 1. The summed E-state index contributed by atoms with van der Waals surface area (Å²) in [6.45, 7) is 4.60. The van der Waals surface area contributed by atoms with Crippen LogP contribution in [-0.2, 0) is 16.1 Å². The Morgan fingerprint density at radius 1 is 1.50 bits per heavy atom. The summed E-state index contributed by atoms with van der Waals surface area (Å²) in [5, 5.41) is 14.2. The van der Waals surface area contributed by atoms with E-state index < -0.39 is 0 Å². The molecule has 1 aromatic rings. The summed E-state index contributed by atoms with van der Waals surface area (Å²) in [6.07, 6.45) is 4.06. The summed E-state index contributed by atoms with van der Waals surface area (Å²) >= 11 is 0. The van der Waals surface area contributed by atoms with Gasteiger partial charge in [0.25, 0.3) is 0 Å². The Labute approximate surface area is 142 Å². The zero-order valence-electron chi connectivity index (χ0n) is 12.5. The molecule has 2 atom stereocenters. The average Bonchev–Trinajstić information content (AvgIpc) is 3.19. The molecule has 0 bridgehead atoms. The van der Waals surface area contributed by atoms with E-state index >= 15 is 0 Å². The first-order chi connectivity index (χ1) is 9.75. The number of nitrogens with zero attached hydrogens (tertiary/aromatic N) is 3. The largest absolute Gasteiger partial charge is 0.375 e. The Kier molecular flexibility index (Phi) is 7.55. The number of nitrogens with one attached hydrogen (secondary N) is 2. The third-order valence-electron chi connectivity index (χ3n) is 3.84. The highest BCUT2D eigenvalue weighted by Crippen LogP contribution is 2.38. The van der Waals surface area contributed by atoms with Gasteiger partial charge in [0.15, 0.2) is 0 Å². The maximum absolute atomic E-state index is 12.1. The van der Waals surface area contributed by atoms with Crippen molar-refractivity contribution in [3.05, 3.63) is 12.2 Å². The number of carbonyl (C=O) groups is 1. The molecule has 9 heteroatoms. The van der Waals surface area contributed by atoms with Crippen LogP contribution in [0.4, 0.5) is 0 Å². The fourth-order valence-corrected chi connectivity index (χ4v) is 2.53. The molecule has 1 amide bonds. The minimum Gasteiger partial charge on any atom is -0.375 e. The Morgan fingerprint density at radius 2 is 2.27 bits per heavy atom. The summed E-state index contributed by atoms with van der Waals surface area (Å²) in [5.41, 5.74) is 0. The molecule has 7 nitrogen and oxygen atoms in total. The number of hydrogen-bond acceptors (Lipinski definition) is 5. The van der Waals surface area contributed by atoms with E-state index in [1.54, 1.807) is 6.33 Å². The molecular weight excluding hydrogens is 329 g/mol. The van der Waals surface area contributed by atoms with Gasteiger partial charge in [0, 0.05) is 25.6 Å². The van der Waals surface area contributed by atoms with Crippen LogP contribution in [0, 0.1) is 0 Å². The lowest BCUT2D eigenvalue weighted by Crippen LogP contribution is -2.55. The van der Waals surface area contributed by atoms with Crippen molar-refractivity contribution in [1.29, 1.82) is 0 Å². The number of morpholine rings is 1. The standard InChI is InChI=1S/C13H21N5O2.2ClH/c1-9-11(14-5-7-20-9)13(19)15-4-6-18-8-16-17-12(18)10-2-3-10;;/h8-11,14H,2-7H2,1H3,(H,15,19);2*1H/t9-,11+;;/m1../s1. The first kappa shape index (κ1) is 19.2. The van der Waals surface area contributed by atoms with Crippen LogP contribution < -0.4 is 10.6 Å². The van der Waals surface area contributed by atoms with Crippen molar-refractivity contribution in [3.8, 4) is 0 Å². The van der Waals surface area contributed by atoms with Crippen LogP contribution in [0.15, 0.2) is 6.33 Å². The van der Waals surface area contributed by atoms with Gasteiger partial charge < -0.3 is 19.9 Å². The molecule has 1 saturated carbocycles. The minimum absolute atomic E-state index is 0. The minimum atomic E-state index is -0.257. The van der Waals surface area contributed by atoms with Gasteiger partial charge in [-0.25, -0.2) is 0 Å². The van der Waals surface area contributed by atoms with E-state index in [0.717, 1.165) is 12.4 Å². The van der Waals surface area contributed by atoms with Crippen LogP contribution in [0.5, 0.6) is 0 Å². The lowest BCUT2D eigenvalue weighted by molar-refractivity contribution is -0.128. The lowest BCUT2D eigenvalue weighted by atomic mass is 10.1. The first-order valence-corrected chi connectivity index (χ1v) is 7.26. The first-order valence-electron chi connectivity index (χ1n) is 7.26. The highest BCUT2D eigenvalue weighted by Gasteiger charge is 2.29. The van der Waals surface area contributed by atoms with E-state index in [4.69, 9.17) is 4.74 Å². The van der Waals surface area contributed by atoms with Gasteiger partial charge in [-0.2, -0.15) is 0 Å². The van der Waals surface area contributed by atoms with E-state index in [0.29, 0.717) is 25.6 Å². The SMILES string of the molecule is C[C@H]1OCCN[C@@H]1C(=O)NCCn1cnnc1C1CC1.Cl.Cl. The van der Waals surface area contributed by atoms with Crippen molar-refractivity contribution in [1.82, 2.24) is 25.4 Å². The summed E-state index contributed by atoms with van der Waals surface area (Å²) in [4.78, 5) is 12.1. The number of ether oxygens (including phenoxy) is 1. The molecule has 0 radical (unpaired) electrons. The maximum Gasteiger partial charge on any atom is 0.239 e. The highest BCUT2D eigenvalue weighted by molar-refractivity contribution is 5.85. The van der Waals surface area contributed by atoms with E-state index in [1.807, 2.05) is 11.5 Å². The monoisotopic (exact) mass is 351 g/mol. The number of aromatic nitrogens is 3. The quantitative estimate of drug-likeness (QED) is 0.806. The van der Waals surface area contributed by atoms with Crippen LogP contribution in [0.1, 0.15) is 31.5 Å². The number of halogens is 2. The molecule has 0 spiro atoms. The zero-order valence-corrected chi connectivity index (χ0v) is 14.2. The molecule has 126 valence electrons. The van der Waals surface area contributed by atoms with Gasteiger partial charge in [-0.05, 0) is 19.8 Å². The van der Waals surface area contributed by atoms with Crippen molar-refractivity contribution in [2.45, 2.75) is 44.4 Å². The number of carbonyl (C=O) groups excluding carboxylic acids is 1. The average molecular weight is 352 g/mol. The van der Waals surface area contributed by atoms with E-state index in [9.17, 15) is 4.79 Å². The van der Waals surface area contributed by atoms with Crippen LogP contribution in [0.2, 0.25) is 0 Å². The topological polar surface area (TPSA) is 81.1 Å². The second-order valence-electron chi connectivity index (χ2n) is 5.46. The van der Waals surface area contributed by atoms with Gasteiger partial charge in [0.2, 0.25) is 5.91 Å². The molecule has 22 heavy (non-hydrogen) atoms. The van der Waals surface area contributed by atoms with E-state index in [-0.39, 0.29) is 42.9 Å². The normalized spacial score (nSPS) is 24.0. The molecule has 3 rings (SSSR count). The van der Waals surface area contributed by atoms with Crippen molar-refractivity contribution in [2.75, 3.05) is 19.7 Å². The van der Waals surface area contributed by atoms with Crippen molar-refractivity contribution in [3.63, 3.8) is 0 Å². The van der Waals surface area contributed by atoms with Gasteiger partial charge >= 0.3 is 0 Å². The van der Waals surface area contributed by atoms with Gasteiger partial charge in [0.1, 0.15) is 18.2 Å².